The molecule has 0 bridgehead atoms. The van der Waals surface area contributed by atoms with E-state index in [1.54, 1.807) is 13.2 Å². The lowest BCUT2D eigenvalue weighted by atomic mass is 10.1. The number of halogens is 6. The van der Waals surface area contributed by atoms with Gasteiger partial charge >= 0.3 is 29.3 Å². The van der Waals surface area contributed by atoms with Crippen LogP contribution in [0.25, 0.3) is 12.2 Å². The lowest BCUT2D eigenvalue weighted by molar-refractivity contribution is -0.387. The van der Waals surface area contributed by atoms with Gasteiger partial charge in [-0.15, -0.1) is 0 Å². The highest BCUT2D eigenvalue weighted by Crippen LogP contribution is 2.30. The highest BCUT2D eigenvalue weighted by Gasteiger charge is 2.31. The summed E-state index contributed by atoms with van der Waals surface area (Å²) >= 11 is 0. The van der Waals surface area contributed by atoms with Crippen molar-refractivity contribution in [2.75, 3.05) is 0 Å². The smallest absolute Gasteiger partial charge is 0.283 e. The zero-order valence-corrected chi connectivity index (χ0v) is 21.0. The highest BCUT2D eigenvalue weighted by atomic mass is 19.4. The van der Waals surface area contributed by atoms with E-state index in [-0.39, 0.29) is 11.1 Å². The molecule has 2 heterocycles. The number of aryl methyl sites for hydroxylation is 1. The van der Waals surface area contributed by atoms with Gasteiger partial charge in [0.25, 0.3) is 0 Å². The minimum Gasteiger partial charge on any atom is -0.283 e. The van der Waals surface area contributed by atoms with Gasteiger partial charge in [0.1, 0.15) is 5.69 Å². The zero-order chi connectivity index (χ0) is 30.1. The quantitative estimate of drug-likeness (QED) is 0.175. The first-order valence-corrected chi connectivity index (χ1v) is 11.7. The maximum atomic E-state index is 13.6. The van der Waals surface area contributed by atoms with Crippen LogP contribution in [0.2, 0.25) is 0 Å². The van der Waals surface area contributed by atoms with Crippen LogP contribution >= 0.6 is 0 Å². The summed E-state index contributed by atoms with van der Waals surface area (Å²) in [6.45, 7) is -1.06. The molecule has 0 spiro atoms. The molecule has 0 unspecified atom stereocenters. The van der Waals surface area contributed by atoms with Gasteiger partial charge in [-0.25, -0.2) is 9.36 Å². The molecule has 0 saturated carbocycles. The van der Waals surface area contributed by atoms with Gasteiger partial charge in [0.05, 0.1) is 35.3 Å². The molecule has 0 fully saturated rings. The van der Waals surface area contributed by atoms with Gasteiger partial charge in [0.2, 0.25) is 0 Å². The highest BCUT2D eigenvalue weighted by molar-refractivity contribution is 5.71. The summed E-state index contributed by atoms with van der Waals surface area (Å²) in [5.41, 5.74) is -5.05. The lowest BCUT2D eigenvalue weighted by Crippen LogP contribution is -2.42. The van der Waals surface area contributed by atoms with Crippen LogP contribution in [-0.4, -0.2) is 23.8 Å². The number of aromatic nitrogens is 4. The lowest BCUT2D eigenvalue weighted by Gasteiger charge is -2.15. The van der Waals surface area contributed by atoms with E-state index in [0.29, 0.717) is 10.1 Å². The number of hydrogen-bond donors (Lipinski definition) is 0. The van der Waals surface area contributed by atoms with E-state index in [1.807, 2.05) is 0 Å². The third-order valence-electron chi connectivity index (χ3n) is 6.03. The van der Waals surface area contributed by atoms with Crippen LogP contribution in [0.3, 0.4) is 0 Å². The second-order valence-corrected chi connectivity index (χ2v) is 8.92. The molecule has 0 aliphatic rings. The summed E-state index contributed by atoms with van der Waals surface area (Å²) in [5, 5.41) is 16.0. The molecule has 9 nitrogen and oxygen atoms in total. The van der Waals surface area contributed by atoms with Gasteiger partial charge in [0.15, 0.2) is 0 Å². The Morgan fingerprint density at radius 2 is 1.32 bits per heavy atom. The summed E-state index contributed by atoms with van der Waals surface area (Å²) in [6, 6.07) is 7.24. The van der Waals surface area contributed by atoms with Crippen LogP contribution in [-0.2, 0) is 32.5 Å². The predicted octanol–water partition coefficient (Wildman–Crippen LogP) is 4.96. The number of nitrogens with zero attached hydrogens (tertiary/aromatic N) is 5. The maximum Gasteiger partial charge on any atom is 0.416 e. The first-order chi connectivity index (χ1) is 19.1. The van der Waals surface area contributed by atoms with E-state index in [2.05, 4.69) is 5.10 Å². The normalized spacial score (nSPS) is 12.3. The first kappa shape index (κ1) is 29.0. The molecule has 15 heteroatoms. The predicted molar refractivity (Wildman–Crippen MR) is 135 cm³/mol. The Morgan fingerprint density at radius 1 is 0.829 bits per heavy atom. The second kappa shape index (κ2) is 10.9. The third-order valence-corrected chi connectivity index (χ3v) is 6.03. The van der Waals surface area contributed by atoms with Crippen molar-refractivity contribution in [1.29, 1.82) is 0 Å². The Kier molecular flexibility index (Phi) is 7.72. The Balaban J connectivity index is 1.88. The molecular formula is C26H19F6N5O4. The molecule has 2 aromatic heterocycles. The van der Waals surface area contributed by atoms with Crippen LogP contribution in [0.15, 0.2) is 70.5 Å². The molecule has 0 saturated heterocycles. The summed E-state index contributed by atoms with van der Waals surface area (Å²) in [5.74, 6) is 0. The van der Waals surface area contributed by atoms with Crippen molar-refractivity contribution < 1.29 is 31.3 Å². The van der Waals surface area contributed by atoms with Gasteiger partial charge in [-0.3, -0.25) is 24.2 Å². The van der Waals surface area contributed by atoms with Crippen molar-refractivity contribution in [3.05, 3.63) is 125 Å². The van der Waals surface area contributed by atoms with E-state index in [4.69, 9.17) is 0 Å². The monoisotopic (exact) mass is 579 g/mol. The topological polar surface area (TPSA) is 105 Å². The van der Waals surface area contributed by atoms with Gasteiger partial charge in [-0.05, 0) is 47.5 Å². The van der Waals surface area contributed by atoms with E-state index in [9.17, 15) is 46.0 Å². The SMILES string of the molecule is Cn1cc(/C=C/c2c([N+](=O)[O-])c(=O)n(Cc3ccc(C(F)(F)F)cc3)c(=O)n2Cc2ccc(C(F)(F)F)cc2)cn1. The molecule has 2 aromatic carbocycles. The Morgan fingerprint density at radius 3 is 1.73 bits per heavy atom. The van der Waals surface area contributed by atoms with Gasteiger partial charge in [-0.2, -0.15) is 31.4 Å². The average molecular weight is 579 g/mol. The molecule has 4 rings (SSSR count). The minimum absolute atomic E-state index is 0.0752. The number of nitro groups is 1. The average Bonchev–Trinajstić information content (AvgIpc) is 3.31. The van der Waals surface area contributed by atoms with E-state index >= 15 is 0 Å². The first-order valence-electron chi connectivity index (χ1n) is 11.7. The van der Waals surface area contributed by atoms with E-state index < -0.39 is 64.1 Å². The Hall–Kier alpha value is -4.95. The molecule has 214 valence electrons. The third kappa shape index (κ3) is 6.45. The van der Waals surface area contributed by atoms with Crippen molar-refractivity contribution >= 4 is 17.8 Å². The summed E-state index contributed by atoms with van der Waals surface area (Å²) < 4.78 is 80.7. The summed E-state index contributed by atoms with van der Waals surface area (Å²) in [6.07, 6.45) is -3.80. The number of alkyl halides is 6. The summed E-state index contributed by atoms with van der Waals surface area (Å²) in [4.78, 5) is 37.8. The van der Waals surface area contributed by atoms with Crippen LogP contribution in [0.5, 0.6) is 0 Å². The van der Waals surface area contributed by atoms with Crippen LogP contribution in [0, 0.1) is 10.1 Å². The van der Waals surface area contributed by atoms with Crippen molar-refractivity contribution in [3.63, 3.8) is 0 Å². The van der Waals surface area contributed by atoms with Crippen molar-refractivity contribution in [2.45, 2.75) is 25.4 Å². The van der Waals surface area contributed by atoms with Gasteiger partial charge < -0.3 is 0 Å². The number of benzene rings is 2. The van der Waals surface area contributed by atoms with Crippen LogP contribution < -0.4 is 11.2 Å². The molecule has 0 N–H and O–H groups in total. The Labute approximate surface area is 226 Å². The van der Waals surface area contributed by atoms with E-state index in [0.717, 1.165) is 59.2 Å². The maximum absolute atomic E-state index is 13.6. The van der Waals surface area contributed by atoms with E-state index in [1.165, 1.54) is 17.0 Å². The summed E-state index contributed by atoms with van der Waals surface area (Å²) in [7, 11) is 1.61. The Bertz CT molecular complexity index is 1730. The van der Waals surface area contributed by atoms with Crippen molar-refractivity contribution in [1.82, 2.24) is 18.9 Å². The molecule has 4 aromatic rings. The number of hydrogen-bond acceptors (Lipinski definition) is 5. The molecule has 0 atom stereocenters. The fourth-order valence-electron chi connectivity index (χ4n) is 4.00. The zero-order valence-electron chi connectivity index (χ0n) is 21.0. The fraction of sp³-hybridized carbons (Fsp3) is 0.192. The molecular weight excluding hydrogens is 560 g/mol. The molecule has 0 aliphatic carbocycles. The molecule has 0 amide bonds. The van der Waals surface area contributed by atoms with Crippen LogP contribution in [0.4, 0.5) is 32.0 Å². The van der Waals surface area contributed by atoms with Gasteiger partial charge in [-0.1, -0.05) is 24.3 Å². The molecule has 41 heavy (non-hydrogen) atoms. The van der Waals surface area contributed by atoms with Gasteiger partial charge in [0, 0.05) is 18.8 Å². The fourth-order valence-corrected chi connectivity index (χ4v) is 4.00. The molecule has 0 aliphatic heterocycles. The van der Waals surface area contributed by atoms with Crippen molar-refractivity contribution in [2.24, 2.45) is 7.05 Å². The van der Waals surface area contributed by atoms with Crippen LogP contribution in [0.1, 0.15) is 33.5 Å². The van der Waals surface area contributed by atoms with Crippen molar-refractivity contribution in [3.8, 4) is 0 Å². The second-order valence-electron chi connectivity index (χ2n) is 8.92. The number of rotatable bonds is 7. The standard InChI is InChI=1S/C26H19F6N5O4/c1-34-13-18(12-33-34)6-11-21-22(37(40)41)23(38)36(15-17-4-9-20(10-5-17)26(30,31)32)24(39)35(21)14-16-2-7-19(8-3-16)25(27,28)29/h2-13H,14-15H2,1H3/b11-6+. The molecule has 0 radical (unpaired) electrons. The largest absolute Gasteiger partial charge is 0.416 e. The minimum atomic E-state index is -4.63.